The second kappa shape index (κ2) is 7.32. The molecule has 0 aliphatic carbocycles. The van der Waals surface area contributed by atoms with Gasteiger partial charge in [0.2, 0.25) is 0 Å². The summed E-state index contributed by atoms with van der Waals surface area (Å²) in [7, 11) is 0. The SMILES string of the molecule is Cc1ccc2c(n1)c1c(n2CCc2ccc(CF)cc2)CCN2CCCCC12. The zero-order valence-electron chi connectivity index (χ0n) is 16.6. The highest BCUT2D eigenvalue weighted by molar-refractivity contribution is 5.82. The van der Waals surface area contributed by atoms with Crippen LogP contribution in [0.4, 0.5) is 4.39 Å². The lowest BCUT2D eigenvalue weighted by Crippen LogP contribution is -2.39. The number of hydrogen-bond donors (Lipinski definition) is 0. The van der Waals surface area contributed by atoms with Gasteiger partial charge in [0.15, 0.2) is 0 Å². The molecule has 3 nitrogen and oxygen atoms in total. The number of benzene rings is 1. The zero-order valence-corrected chi connectivity index (χ0v) is 16.6. The summed E-state index contributed by atoms with van der Waals surface area (Å²) >= 11 is 0. The van der Waals surface area contributed by atoms with E-state index in [1.54, 1.807) is 0 Å². The van der Waals surface area contributed by atoms with E-state index in [0.29, 0.717) is 6.04 Å². The number of hydrogen-bond acceptors (Lipinski definition) is 2. The van der Waals surface area contributed by atoms with E-state index in [4.69, 9.17) is 4.98 Å². The molecule has 1 fully saturated rings. The molecule has 2 aliphatic heterocycles. The van der Waals surface area contributed by atoms with Gasteiger partial charge in [-0.1, -0.05) is 30.7 Å². The summed E-state index contributed by atoms with van der Waals surface area (Å²) in [5.41, 5.74) is 8.62. The quantitative estimate of drug-likeness (QED) is 0.628. The normalized spacial score (nSPS) is 19.6. The Labute approximate surface area is 166 Å². The fourth-order valence-corrected chi connectivity index (χ4v) is 5.14. The second-order valence-corrected chi connectivity index (χ2v) is 8.33. The van der Waals surface area contributed by atoms with Gasteiger partial charge in [0.05, 0.1) is 11.0 Å². The van der Waals surface area contributed by atoms with Crippen molar-refractivity contribution in [3.8, 4) is 0 Å². The average molecular weight is 378 g/mol. The molecule has 2 aliphatic rings. The Hall–Kier alpha value is -2.20. The lowest BCUT2D eigenvalue weighted by Gasteiger charge is -2.39. The molecule has 0 spiro atoms. The van der Waals surface area contributed by atoms with Crippen LogP contribution in [0.5, 0.6) is 0 Å². The molecule has 2 aromatic heterocycles. The predicted octanol–water partition coefficient (Wildman–Crippen LogP) is 5.14. The molecule has 0 N–H and O–H groups in total. The van der Waals surface area contributed by atoms with Crippen LogP contribution in [0.1, 0.15) is 53.4 Å². The molecule has 0 radical (unpaired) electrons. The molecular formula is C24H28FN3. The summed E-state index contributed by atoms with van der Waals surface area (Å²) in [5.74, 6) is 0. The third kappa shape index (κ3) is 3.04. The van der Waals surface area contributed by atoms with E-state index in [-0.39, 0.29) is 6.67 Å². The summed E-state index contributed by atoms with van der Waals surface area (Å²) in [4.78, 5) is 7.67. The molecule has 5 rings (SSSR count). The number of pyridine rings is 1. The van der Waals surface area contributed by atoms with Gasteiger partial charge in [-0.25, -0.2) is 4.39 Å². The van der Waals surface area contributed by atoms with Crippen molar-refractivity contribution >= 4 is 11.0 Å². The molecular weight excluding hydrogens is 349 g/mol. The van der Waals surface area contributed by atoms with Gasteiger partial charge in [-0.2, -0.15) is 0 Å². The van der Waals surface area contributed by atoms with Crippen molar-refractivity contribution in [2.24, 2.45) is 0 Å². The van der Waals surface area contributed by atoms with Crippen LogP contribution in [0.2, 0.25) is 0 Å². The largest absolute Gasteiger partial charge is 0.343 e. The van der Waals surface area contributed by atoms with Gasteiger partial charge in [0, 0.05) is 42.5 Å². The third-order valence-electron chi connectivity index (χ3n) is 6.58. The van der Waals surface area contributed by atoms with Crippen molar-refractivity contribution in [3.05, 3.63) is 64.5 Å². The molecule has 3 aromatic rings. The lowest BCUT2D eigenvalue weighted by atomic mass is 9.90. The van der Waals surface area contributed by atoms with Gasteiger partial charge in [-0.15, -0.1) is 0 Å². The van der Waals surface area contributed by atoms with Crippen LogP contribution in [0.3, 0.4) is 0 Å². The van der Waals surface area contributed by atoms with Crippen molar-refractivity contribution in [3.63, 3.8) is 0 Å². The minimum atomic E-state index is -0.390. The molecule has 0 bridgehead atoms. The molecule has 28 heavy (non-hydrogen) atoms. The third-order valence-corrected chi connectivity index (χ3v) is 6.58. The first kappa shape index (κ1) is 17.9. The first-order valence-corrected chi connectivity index (χ1v) is 10.6. The van der Waals surface area contributed by atoms with Crippen LogP contribution in [-0.2, 0) is 26.1 Å². The summed E-state index contributed by atoms with van der Waals surface area (Å²) in [6.45, 7) is 5.05. The highest BCUT2D eigenvalue weighted by Gasteiger charge is 2.34. The van der Waals surface area contributed by atoms with E-state index in [0.717, 1.165) is 37.2 Å². The number of rotatable bonds is 4. The number of aromatic nitrogens is 2. The van der Waals surface area contributed by atoms with Crippen LogP contribution >= 0.6 is 0 Å². The smallest absolute Gasteiger partial charge is 0.115 e. The second-order valence-electron chi connectivity index (χ2n) is 8.33. The molecule has 1 atom stereocenters. The summed E-state index contributed by atoms with van der Waals surface area (Å²) < 4.78 is 15.3. The summed E-state index contributed by atoms with van der Waals surface area (Å²) in [6, 6.07) is 12.9. The van der Waals surface area contributed by atoms with E-state index in [9.17, 15) is 4.39 Å². The highest BCUT2D eigenvalue weighted by atomic mass is 19.1. The number of halogens is 1. The molecule has 1 saturated heterocycles. The number of alkyl halides is 1. The Kier molecular flexibility index (Phi) is 4.67. The molecule has 0 amide bonds. The summed E-state index contributed by atoms with van der Waals surface area (Å²) in [5, 5.41) is 0. The van der Waals surface area contributed by atoms with E-state index in [1.807, 2.05) is 12.1 Å². The van der Waals surface area contributed by atoms with Gasteiger partial charge in [-0.3, -0.25) is 9.88 Å². The fourth-order valence-electron chi connectivity index (χ4n) is 5.14. The van der Waals surface area contributed by atoms with Crippen molar-refractivity contribution in [2.45, 2.75) is 58.3 Å². The monoisotopic (exact) mass is 377 g/mol. The standard InChI is InChI=1S/C24H28FN3/c1-17-5-10-22-24(26-17)23-20-4-2-3-13-27(20)14-12-21(23)28(22)15-11-18-6-8-19(16-25)9-7-18/h5-10,20H,2-4,11-16H2,1H3. The van der Waals surface area contributed by atoms with Crippen molar-refractivity contribution in [1.29, 1.82) is 0 Å². The zero-order chi connectivity index (χ0) is 19.1. The topological polar surface area (TPSA) is 21.1 Å². The minimum Gasteiger partial charge on any atom is -0.343 e. The van der Waals surface area contributed by atoms with E-state index in [1.165, 1.54) is 53.7 Å². The number of nitrogens with zero attached hydrogens (tertiary/aromatic N) is 3. The minimum absolute atomic E-state index is 0.390. The number of fused-ring (bicyclic) bond motifs is 5. The number of piperidine rings is 1. The van der Waals surface area contributed by atoms with Crippen LogP contribution < -0.4 is 0 Å². The van der Waals surface area contributed by atoms with Crippen molar-refractivity contribution < 1.29 is 4.39 Å². The first-order chi connectivity index (χ1) is 13.7. The Morgan fingerprint density at radius 3 is 2.68 bits per heavy atom. The Morgan fingerprint density at radius 2 is 1.86 bits per heavy atom. The van der Waals surface area contributed by atoms with Gasteiger partial charge in [0.25, 0.3) is 0 Å². The van der Waals surface area contributed by atoms with Crippen LogP contribution in [0.15, 0.2) is 36.4 Å². The Bertz CT molecular complexity index is 989. The Morgan fingerprint density at radius 1 is 1.04 bits per heavy atom. The van der Waals surface area contributed by atoms with Crippen LogP contribution in [0.25, 0.3) is 11.0 Å². The maximum Gasteiger partial charge on any atom is 0.115 e. The Balaban J connectivity index is 1.53. The molecule has 1 unspecified atom stereocenters. The maximum atomic E-state index is 12.8. The van der Waals surface area contributed by atoms with E-state index in [2.05, 4.69) is 40.7 Å². The predicted molar refractivity (Wildman–Crippen MR) is 111 cm³/mol. The lowest BCUT2D eigenvalue weighted by molar-refractivity contribution is 0.138. The van der Waals surface area contributed by atoms with E-state index < -0.39 is 0 Å². The molecule has 4 heteroatoms. The molecule has 146 valence electrons. The van der Waals surface area contributed by atoms with Gasteiger partial charge in [0.1, 0.15) is 6.67 Å². The molecule has 1 aromatic carbocycles. The summed E-state index contributed by atoms with van der Waals surface area (Å²) in [6.07, 6.45) is 5.98. The van der Waals surface area contributed by atoms with Crippen molar-refractivity contribution in [2.75, 3.05) is 13.1 Å². The van der Waals surface area contributed by atoms with Gasteiger partial charge >= 0.3 is 0 Å². The van der Waals surface area contributed by atoms with Gasteiger partial charge in [-0.05, 0) is 56.0 Å². The first-order valence-electron chi connectivity index (χ1n) is 10.6. The average Bonchev–Trinajstić information content (AvgIpc) is 3.05. The van der Waals surface area contributed by atoms with Crippen LogP contribution in [-0.4, -0.2) is 27.5 Å². The molecule has 0 saturated carbocycles. The fraction of sp³-hybridized carbons (Fsp3) is 0.458. The maximum absolute atomic E-state index is 12.8. The van der Waals surface area contributed by atoms with Crippen LogP contribution in [0, 0.1) is 6.92 Å². The number of aryl methyl sites for hydroxylation is 3. The van der Waals surface area contributed by atoms with Crippen molar-refractivity contribution in [1.82, 2.24) is 14.5 Å². The highest BCUT2D eigenvalue weighted by Crippen LogP contribution is 2.41. The van der Waals surface area contributed by atoms with E-state index >= 15 is 0 Å². The molecule has 4 heterocycles. The van der Waals surface area contributed by atoms with Gasteiger partial charge < -0.3 is 4.57 Å².